The highest BCUT2D eigenvalue weighted by Gasteiger charge is 2.13. The molecule has 0 aliphatic rings. The molecular weight excluding hydrogens is 242 g/mol. The number of nitrogens with one attached hydrogen (secondary N) is 2. The van der Waals surface area contributed by atoms with Gasteiger partial charge in [0.25, 0.3) is 0 Å². The van der Waals surface area contributed by atoms with Crippen LogP contribution in [0.2, 0.25) is 0 Å². The molecule has 0 radical (unpaired) electrons. The quantitative estimate of drug-likeness (QED) is 0.548. The first-order valence-corrected chi connectivity index (χ1v) is 7.23. The maximum Gasteiger partial charge on any atom is 0.237 e. The van der Waals surface area contributed by atoms with Crippen molar-refractivity contribution in [3.05, 3.63) is 0 Å². The Hall–Kier alpha value is -0.650. The fourth-order valence-corrected chi connectivity index (χ4v) is 1.66. The standard InChI is InChI=1S/C14H31N3O2/c1-6-7-12(2)16-14(18)13(3)15-8-10-19-11-9-17(4)5/h12-13,15H,6-11H2,1-5H3,(H,16,18). The zero-order valence-electron chi connectivity index (χ0n) is 13.2. The summed E-state index contributed by atoms with van der Waals surface area (Å²) in [5.74, 6) is 0.0641. The summed E-state index contributed by atoms with van der Waals surface area (Å²) in [5, 5.41) is 6.17. The number of hydrogen-bond acceptors (Lipinski definition) is 4. The Balaban J connectivity index is 3.56. The van der Waals surface area contributed by atoms with E-state index in [-0.39, 0.29) is 18.0 Å². The van der Waals surface area contributed by atoms with Gasteiger partial charge in [-0.1, -0.05) is 13.3 Å². The number of ether oxygens (including phenoxy) is 1. The van der Waals surface area contributed by atoms with Crippen molar-refractivity contribution in [3.63, 3.8) is 0 Å². The molecule has 5 heteroatoms. The molecule has 0 bridgehead atoms. The summed E-state index contributed by atoms with van der Waals surface area (Å²) < 4.78 is 5.46. The highest BCUT2D eigenvalue weighted by molar-refractivity contribution is 5.81. The Labute approximate surface area is 118 Å². The van der Waals surface area contributed by atoms with Crippen LogP contribution in [-0.4, -0.2) is 63.3 Å². The van der Waals surface area contributed by atoms with Gasteiger partial charge < -0.3 is 20.3 Å². The molecule has 5 nitrogen and oxygen atoms in total. The van der Waals surface area contributed by atoms with Gasteiger partial charge in [-0.05, 0) is 34.4 Å². The molecule has 2 atom stereocenters. The number of hydrogen-bond donors (Lipinski definition) is 2. The summed E-state index contributed by atoms with van der Waals surface area (Å²) in [6, 6.07) is 0.0786. The summed E-state index contributed by atoms with van der Waals surface area (Å²) in [6.45, 7) is 9.02. The highest BCUT2D eigenvalue weighted by atomic mass is 16.5. The molecular formula is C14H31N3O2. The first kappa shape index (κ1) is 18.4. The molecule has 0 aliphatic heterocycles. The van der Waals surface area contributed by atoms with Crippen molar-refractivity contribution in [2.45, 2.75) is 45.7 Å². The second kappa shape index (κ2) is 11.2. The molecule has 0 aromatic rings. The average Bonchev–Trinajstić information content (AvgIpc) is 2.33. The number of rotatable bonds is 11. The van der Waals surface area contributed by atoms with Crippen LogP contribution in [0.3, 0.4) is 0 Å². The molecule has 2 unspecified atom stereocenters. The van der Waals surface area contributed by atoms with E-state index >= 15 is 0 Å². The second-order valence-corrected chi connectivity index (χ2v) is 5.29. The molecule has 1 amide bonds. The van der Waals surface area contributed by atoms with Gasteiger partial charge in [0.15, 0.2) is 0 Å². The fraction of sp³-hybridized carbons (Fsp3) is 0.929. The molecule has 2 N–H and O–H groups in total. The lowest BCUT2D eigenvalue weighted by Crippen LogP contribution is -2.46. The molecule has 0 saturated heterocycles. The third-order valence-corrected chi connectivity index (χ3v) is 2.88. The molecule has 0 saturated carbocycles. The zero-order chi connectivity index (χ0) is 14.7. The van der Waals surface area contributed by atoms with Gasteiger partial charge in [-0.3, -0.25) is 4.79 Å². The molecule has 0 rings (SSSR count). The van der Waals surface area contributed by atoms with Crippen molar-refractivity contribution in [2.24, 2.45) is 0 Å². The second-order valence-electron chi connectivity index (χ2n) is 5.29. The third-order valence-electron chi connectivity index (χ3n) is 2.88. The summed E-state index contributed by atoms with van der Waals surface area (Å²) in [5.41, 5.74) is 0. The molecule has 0 aromatic heterocycles. The van der Waals surface area contributed by atoms with E-state index in [9.17, 15) is 4.79 Å². The summed E-state index contributed by atoms with van der Waals surface area (Å²) >= 11 is 0. The predicted octanol–water partition coefficient (Wildman–Crippen LogP) is 0.848. The van der Waals surface area contributed by atoms with Crippen molar-refractivity contribution in [1.29, 1.82) is 0 Å². The van der Waals surface area contributed by atoms with Gasteiger partial charge in [-0.2, -0.15) is 0 Å². The number of carbonyl (C=O) groups is 1. The van der Waals surface area contributed by atoms with Crippen LogP contribution in [0.1, 0.15) is 33.6 Å². The Morgan fingerprint density at radius 3 is 2.53 bits per heavy atom. The minimum atomic E-state index is -0.170. The monoisotopic (exact) mass is 273 g/mol. The topological polar surface area (TPSA) is 53.6 Å². The van der Waals surface area contributed by atoms with E-state index in [4.69, 9.17) is 4.74 Å². The Kier molecular flexibility index (Phi) is 10.8. The van der Waals surface area contributed by atoms with Gasteiger partial charge in [0.2, 0.25) is 5.91 Å². The van der Waals surface area contributed by atoms with Crippen LogP contribution in [0.5, 0.6) is 0 Å². The first-order chi connectivity index (χ1) is 8.97. The Morgan fingerprint density at radius 1 is 1.26 bits per heavy atom. The number of likely N-dealkylation sites (N-methyl/N-ethyl adjacent to an activating group) is 1. The summed E-state index contributed by atoms with van der Waals surface area (Å²) in [6.07, 6.45) is 2.11. The van der Waals surface area contributed by atoms with E-state index in [2.05, 4.69) is 22.5 Å². The van der Waals surface area contributed by atoms with Crippen LogP contribution >= 0.6 is 0 Å². The van der Waals surface area contributed by atoms with Crippen molar-refractivity contribution in [3.8, 4) is 0 Å². The lowest BCUT2D eigenvalue weighted by atomic mass is 10.2. The van der Waals surface area contributed by atoms with Crippen LogP contribution < -0.4 is 10.6 Å². The van der Waals surface area contributed by atoms with Gasteiger partial charge in [-0.25, -0.2) is 0 Å². The molecule has 0 fully saturated rings. The summed E-state index contributed by atoms with van der Waals surface area (Å²) in [7, 11) is 4.04. The number of nitrogens with zero attached hydrogens (tertiary/aromatic N) is 1. The first-order valence-electron chi connectivity index (χ1n) is 7.23. The van der Waals surface area contributed by atoms with E-state index in [1.54, 1.807) is 0 Å². The van der Waals surface area contributed by atoms with Crippen LogP contribution in [-0.2, 0) is 9.53 Å². The minimum absolute atomic E-state index is 0.0641. The molecule has 114 valence electrons. The average molecular weight is 273 g/mol. The van der Waals surface area contributed by atoms with E-state index in [1.807, 2.05) is 27.9 Å². The van der Waals surface area contributed by atoms with Gasteiger partial charge in [-0.15, -0.1) is 0 Å². The molecule has 19 heavy (non-hydrogen) atoms. The van der Waals surface area contributed by atoms with Crippen molar-refractivity contribution in [2.75, 3.05) is 40.4 Å². The van der Waals surface area contributed by atoms with Gasteiger partial charge in [0.05, 0.1) is 19.3 Å². The van der Waals surface area contributed by atoms with Crippen LogP contribution in [0.25, 0.3) is 0 Å². The lowest BCUT2D eigenvalue weighted by molar-refractivity contribution is -0.123. The van der Waals surface area contributed by atoms with E-state index in [0.29, 0.717) is 13.2 Å². The minimum Gasteiger partial charge on any atom is -0.379 e. The van der Waals surface area contributed by atoms with Crippen LogP contribution in [0.4, 0.5) is 0 Å². The normalized spacial score (nSPS) is 14.4. The predicted molar refractivity (Wildman–Crippen MR) is 79.4 cm³/mol. The van der Waals surface area contributed by atoms with Gasteiger partial charge in [0, 0.05) is 19.1 Å². The van der Waals surface area contributed by atoms with Gasteiger partial charge >= 0.3 is 0 Å². The fourth-order valence-electron chi connectivity index (χ4n) is 1.66. The number of carbonyl (C=O) groups excluding carboxylic acids is 1. The Bertz CT molecular complexity index is 235. The molecule has 0 heterocycles. The smallest absolute Gasteiger partial charge is 0.237 e. The number of amides is 1. The van der Waals surface area contributed by atoms with Crippen molar-refractivity contribution >= 4 is 5.91 Å². The maximum atomic E-state index is 11.8. The largest absolute Gasteiger partial charge is 0.379 e. The molecule has 0 aliphatic carbocycles. The van der Waals surface area contributed by atoms with E-state index in [0.717, 1.165) is 26.0 Å². The van der Waals surface area contributed by atoms with E-state index in [1.165, 1.54) is 0 Å². The summed E-state index contributed by atoms with van der Waals surface area (Å²) in [4.78, 5) is 13.9. The molecule has 0 aromatic carbocycles. The lowest BCUT2D eigenvalue weighted by Gasteiger charge is -2.18. The molecule has 0 spiro atoms. The van der Waals surface area contributed by atoms with Crippen molar-refractivity contribution < 1.29 is 9.53 Å². The third kappa shape index (κ3) is 10.9. The maximum absolute atomic E-state index is 11.8. The van der Waals surface area contributed by atoms with Gasteiger partial charge in [0.1, 0.15) is 0 Å². The van der Waals surface area contributed by atoms with E-state index < -0.39 is 0 Å². The zero-order valence-corrected chi connectivity index (χ0v) is 13.2. The van der Waals surface area contributed by atoms with Crippen molar-refractivity contribution in [1.82, 2.24) is 15.5 Å². The van der Waals surface area contributed by atoms with Crippen LogP contribution in [0.15, 0.2) is 0 Å². The highest BCUT2D eigenvalue weighted by Crippen LogP contribution is 1.95. The Morgan fingerprint density at radius 2 is 1.95 bits per heavy atom. The van der Waals surface area contributed by atoms with Crippen LogP contribution in [0, 0.1) is 0 Å². The SMILES string of the molecule is CCCC(C)NC(=O)C(C)NCCOCCN(C)C.